The molecule has 18 rings (SSSR count). The van der Waals surface area contributed by atoms with Gasteiger partial charge in [-0.1, -0.05) is 236 Å². The van der Waals surface area contributed by atoms with Crippen LogP contribution >= 0.6 is 0 Å². The number of hydrogen-bond donors (Lipinski definition) is 1. The van der Waals surface area contributed by atoms with E-state index >= 15 is 0 Å². The fourth-order valence-corrected chi connectivity index (χ4v) is 21.5. The minimum atomic E-state index is -1.23. The molecule has 0 bridgehead atoms. The quantitative estimate of drug-likeness (QED) is 0.0951. The maximum absolute atomic E-state index is 13.7. The largest absolute Gasteiger partial charge is 0.480 e. The standard InChI is InChI=1S/C52H52N2O4.C50H49NO3/c1-49(2,3)27-51(7,8)29-11-14-31(15-12-29)54-40-23-13-30(52(9,10)28-50(4,5)6)25-39(40)36-17-16-34-32-18-20-37-45-38(48(58)53(47(37)57)26-42(55)56)21-19-33(43(32)45)35-22-24-41(54)46(36)44(34)35;1-47(2,3)26-49(7,8)28-11-14-30(15-12-28)51-39-23-13-29(50(9,10)27-48(4,5)6)25-38(39)35-17-16-33-31-18-20-36-43-37(46(53)54-45(36)52)21-19-32(41(31)43)34-22-24-40(51)44(35)42(33)34/h11-25H,26-28H2,1-10H3,(H,55,56);11-25H,26-27H2,1-10H3. The Hall–Kier alpha value is -11.0. The van der Waals surface area contributed by atoms with Crippen molar-refractivity contribution in [3.63, 3.8) is 0 Å². The molecule has 10 heteroatoms. The van der Waals surface area contributed by atoms with Gasteiger partial charge >= 0.3 is 17.2 Å². The van der Waals surface area contributed by atoms with E-state index in [0.717, 1.165) is 117 Å². The van der Waals surface area contributed by atoms with E-state index in [9.17, 15) is 29.1 Å². The number of carbonyl (C=O) groups is 1. The van der Waals surface area contributed by atoms with Crippen LogP contribution in [0.1, 0.15) is 186 Å². The molecule has 14 aromatic carbocycles. The van der Waals surface area contributed by atoms with Crippen molar-refractivity contribution in [2.45, 2.75) is 192 Å². The molecule has 0 amide bonds. The maximum atomic E-state index is 13.7. The second-order valence-corrected chi connectivity index (χ2v) is 40.2. The second kappa shape index (κ2) is 24.8. The fraction of sp³-hybridized carbons (Fsp3) is 0.324. The number of carboxylic acids is 1. The molecule has 18 aromatic rings. The molecule has 112 heavy (non-hydrogen) atoms. The van der Waals surface area contributed by atoms with Gasteiger partial charge in [-0.3, -0.25) is 19.0 Å². The van der Waals surface area contributed by atoms with Crippen molar-refractivity contribution < 1.29 is 14.3 Å². The van der Waals surface area contributed by atoms with E-state index in [1.807, 2.05) is 36.4 Å². The Labute approximate surface area is 652 Å². The number of hydrogen-bond acceptors (Lipinski definition) is 6. The number of aromatic nitrogens is 3. The zero-order chi connectivity index (χ0) is 79.7. The van der Waals surface area contributed by atoms with Gasteiger partial charge in [-0.2, -0.15) is 0 Å². The van der Waals surface area contributed by atoms with Crippen LogP contribution in [0.3, 0.4) is 0 Å². The van der Waals surface area contributed by atoms with Crippen molar-refractivity contribution in [2.24, 2.45) is 21.7 Å². The van der Waals surface area contributed by atoms with E-state index in [2.05, 4.69) is 281 Å². The average molecular weight is 1480 g/mol. The predicted molar refractivity (Wildman–Crippen MR) is 473 cm³/mol. The molecular formula is C102H101N3O7. The van der Waals surface area contributed by atoms with Gasteiger partial charge in [0, 0.05) is 65.2 Å². The Balaban J connectivity index is 0.000000163. The number of fused-ring (bicyclic) bond motifs is 8. The maximum Gasteiger partial charge on any atom is 0.346 e. The first-order valence-corrected chi connectivity index (χ1v) is 39.8. The third-order valence-electron chi connectivity index (χ3n) is 24.4. The molecule has 4 heterocycles. The van der Waals surface area contributed by atoms with Gasteiger partial charge in [-0.25, -0.2) is 9.59 Å². The summed E-state index contributed by atoms with van der Waals surface area (Å²) in [6.45, 7) is 45.9. The molecule has 566 valence electrons. The van der Waals surface area contributed by atoms with Crippen LogP contribution < -0.4 is 22.4 Å². The van der Waals surface area contributed by atoms with Crippen LogP contribution in [-0.2, 0) is 33.0 Å². The van der Waals surface area contributed by atoms with Crippen LogP contribution in [0.5, 0.6) is 0 Å². The molecule has 0 spiro atoms. The summed E-state index contributed by atoms with van der Waals surface area (Å²) in [6.07, 6.45) is 4.25. The van der Waals surface area contributed by atoms with Crippen LogP contribution in [0.15, 0.2) is 206 Å². The number of pyridine rings is 3. The lowest BCUT2D eigenvalue weighted by molar-refractivity contribution is -0.137. The van der Waals surface area contributed by atoms with E-state index in [0.29, 0.717) is 32.3 Å². The number of nitrogens with zero attached hydrogens (tertiary/aromatic N) is 3. The van der Waals surface area contributed by atoms with Gasteiger partial charge in [0.25, 0.3) is 11.1 Å². The lowest BCUT2D eigenvalue weighted by Crippen LogP contribution is -2.35. The van der Waals surface area contributed by atoms with Crippen molar-refractivity contribution in [1.29, 1.82) is 0 Å². The third kappa shape index (κ3) is 11.9. The highest BCUT2D eigenvalue weighted by molar-refractivity contribution is 6.42. The van der Waals surface area contributed by atoms with Crippen LogP contribution in [0.25, 0.3) is 163 Å². The fourth-order valence-electron chi connectivity index (χ4n) is 21.5. The highest BCUT2D eigenvalue weighted by Gasteiger charge is 2.34. The topological polar surface area (TPSA) is 134 Å². The van der Waals surface area contributed by atoms with Crippen molar-refractivity contribution >= 4 is 157 Å². The summed E-state index contributed by atoms with van der Waals surface area (Å²) in [7, 11) is 0. The first kappa shape index (κ1) is 73.8. The van der Waals surface area contributed by atoms with E-state index in [1.165, 1.54) is 65.5 Å². The minimum absolute atomic E-state index is 0.00985. The molecule has 0 saturated carbocycles. The van der Waals surface area contributed by atoms with Gasteiger partial charge in [0.2, 0.25) is 0 Å². The summed E-state index contributed by atoms with van der Waals surface area (Å²) < 4.78 is 10.8. The van der Waals surface area contributed by atoms with Gasteiger partial charge in [-0.05, 0) is 241 Å². The normalized spacial score (nSPS) is 13.6. The first-order valence-electron chi connectivity index (χ1n) is 39.8. The van der Waals surface area contributed by atoms with Gasteiger partial charge in [0.05, 0.1) is 32.8 Å². The number of carboxylic acid groups (broad SMARTS) is 1. The second-order valence-electron chi connectivity index (χ2n) is 40.2. The SMILES string of the molecule is CC(C)(C)CC(C)(C)c1ccc(-n2c3ccc(C(C)(C)CC(C)(C)C)cc3c3ccc4c5ccc6c(=O)n(CC(=O)O)c(=O)c7ccc(c8ccc2c3c48)c5c67)cc1.CC(C)(C)CC(C)(C)c1ccc(-n2c3ccc(C(C)(C)CC(C)(C)C)cc3c3ccc4c5ccc6c(=O)oc(=O)c7ccc(c8ccc2c3c48)c5c67)cc1. The summed E-state index contributed by atoms with van der Waals surface area (Å²) in [5.41, 5.74) is 10.5. The molecule has 10 nitrogen and oxygen atoms in total. The molecule has 0 radical (unpaired) electrons. The molecule has 0 fully saturated rings. The van der Waals surface area contributed by atoms with E-state index in [-0.39, 0.29) is 43.3 Å². The number of benzene rings is 14. The van der Waals surface area contributed by atoms with Crippen LogP contribution in [-0.4, -0.2) is 24.8 Å². The smallest absolute Gasteiger partial charge is 0.346 e. The first-order chi connectivity index (χ1) is 52.5. The van der Waals surface area contributed by atoms with Gasteiger partial charge in [-0.15, -0.1) is 0 Å². The summed E-state index contributed by atoms with van der Waals surface area (Å²) in [5, 5.41) is 32.1. The highest BCUT2D eigenvalue weighted by atomic mass is 16.4. The lowest BCUT2D eigenvalue weighted by Gasteiger charge is -2.34. The van der Waals surface area contributed by atoms with E-state index in [4.69, 9.17) is 4.42 Å². The molecule has 0 aliphatic heterocycles. The van der Waals surface area contributed by atoms with Crippen molar-refractivity contribution in [1.82, 2.24) is 13.7 Å². The summed E-state index contributed by atoms with van der Waals surface area (Å²) in [6, 6.07) is 65.7. The molecule has 0 aliphatic carbocycles. The average Bonchev–Trinajstić information content (AvgIpc) is 0.690. The van der Waals surface area contributed by atoms with Crippen LogP contribution in [0.4, 0.5) is 0 Å². The monoisotopic (exact) mass is 1480 g/mol. The van der Waals surface area contributed by atoms with Crippen molar-refractivity contribution in [2.75, 3.05) is 0 Å². The number of rotatable bonds is 12. The lowest BCUT2D eigenvalue weighted by atomic mass is 9.72. The molecule has 0 saturated heterocycles. The molecule has 1 N–H and O–H groups in total. The highest BCUT2D eigenvalue weighted by Crippen LogP contribution is 2.52. The predicted octanol–water partition coefficient (Wildman–Crippen LogP) is 25.6. The summed E-state index contributed by atoms with van der Waals surface area (Å²) >= 11 is 0. The Morgan fingerprint density at radius 1 is 0.277 bits per heavy atom. The third-order valence-corrected chi connectivity index (χ3v) is 24.4. The molecule has 4 aromatic heterocycles. The Bertz CT molecular complexity index is 7070. The molecule has 0 atom stereocenters. The zero-order valence-electron chi connectivity index (χ0n) is 68.6. The van der Waals surface area contributed by atoms with E-state index in [1.54, 1.807) is 12.1 Å². The summed E-state index contributed by atoms with van der Waals surface area (Å²) in [5.74, 6) is -1.23. The molecule has 0 unspecified atom stereocenters. The summed E-state index contributed by atoms with van der Waals surface area (Å²) in [4.78, 5) is 64.9. The van der Waals surface area contributed by atoms with Gasteiger partial charge in [0.1, 0.15) is 6.54 Å². The number of aliphatic carboxylic acids is 1. The minimum Gasteiger partial charge on any atom is -0.480 e. The Morgan fingerprint density at radius 3 is 0.812 bits per heavy atom. The van der Waals surface area contributed by atoms with Gasteiger partial charge in [0.15, 0.2) is 0 Å². The van der Waals surface area contributed by atoms with Crippen molar-refractivity contribution in [3.05, 3.63) is 246 Å². The molecular weight excluding hydrogens is 1380 g/mol. The van der Waals surface area contributed by atoms with Crippen LogP contribution in [0.2, 0.25) is 0 Å². The zero-order valence-corrected chi connectivity index (χ0v) is 68.6. The van der Waals surface area contributed by atoms with Gasteiger partial charge < -0.3 is 18.7 Å². The molecule has 0 aliphatic rings. The van der Waals surface area contributed by atoms with E-state index < -0.39 is 34.9 Å². The Kier molecular flexibility index (Phi) is 16.3. The van der Waals surface area contributed by atoms with Crippen molar-refractivity contribution in [3.8, 4) is 11.4 Å². The van der Waals surface area contributed by atoms with Crippen LogP contribution in [0, 0.1) is 21.7 Å². The Morgan fingerprint density at radius 2 is 0.509 bits per heavy atom.